The second-order valence-corrected chi connectivity index (χ2v) is 15.1. The molecule has 8 rings (SSSR count). The zero-order valence-electron chi connectivity index (χ0n) is 19.6. The summed E-state index contributed by atoms with van der Waals surface area (Å²) in [5.41, 5.74) is 6.45. The molecule has 3 nitrogen and oxygen atoms in total. The van der Waals surface area contributed by atoms with E-state index in [2.05, 4.69) is 77.1 Å². The van der Waals surface area contributed by atoms with Crippen LogP contribution in [0.25, 0.3) is 41.2 Å². The van der Waals surface area contributed by atoms with Crippen molar-refractivity contribution in [2.45, 2.75) is 19.3 Å². The quantitative estimate of drug-likeness (QED) is 0.123. The molecule has 0 amide bonds. The zero-order chi connectivity index (χ0) is 24.3. The molecule has 6 aromatic rings. The average molecular weight is 644 g/mol. The molecule has 36 heavy (non-hydrogen) atoms. The number of ketones is 2. The standard InChI is InChI=1S/C31H19NO2SeTe/c1-31(2)23-8-5-7-19-18-6-3-4-9-25(18)32(27(19)23)30-24(31)14-17(35-30)13-22-28(33)20-12-16-10-11-36-26(16)15-21(20)29(22)34/h3-15H,1-2H3/b22-13-. The van der Waals surface area contributed by atoms with E-state index in [9.17, 15) is 9.59 Å². The van der Waals surface area contributed by atoms with Gasteiger partial charge in [0.25, 0.3) is 0 Å². The van der Waals surface area contributed by atoms with Crippen molar-refractivity contribution in [1.82, 2.24) is 4.57 Å². The van der Waals surface area contributed by atoms with E-state index in [1.54, 1.807) is 0 Å². The first-order chi connectivity index (χ1) is 17.4. The van der Waals surface area contributed by atoms with Gasteiger partial charge in [0.2, 0.25) is 0 Å². The molecule has 172 valence electrons. The van der Waals surface area contributed by atoms with Gasteiger partial charge in [-0.3, -0.25) is 0 Å². The van der Waals surface area contributed by atoms with Crippen molar-refractivity contribution >= 4 is 83.2 Å². The number of nitrogens with zero attached hydrogens (tertiary/aromatic N) is 1. The molecule has 1 aliphatic carbocycles. The fraction of sp³-hybridized carbons (Fsp3) is 0.0968. The van der Waals surface area contributed by atoms with Crippen molar-refractivity contribution in [1.29, 1.82) is 0 Å². The van der Waals surface area contributed by atoms with Crippen LogP contribution in [0.3, 0.4) is 0 Å². The van der Waals surface area contributed by atoms with Crippen molar-refractivity contribution in [2.75, 3.05) is 0 Å². The van der Waals surface area contributed by atoms with E-state index in [0.29, 0.717) is 16.7 Å². The fourth-order valence-electron chi connectivity index (χ4n) is 6.02. The number of Topliss-reactive ketones (excluding diaryl/α,β-unsaturated/α-hetero) is 2. The van der Waals surface area contributed by atoms with Crippen molar-refractivity contribution in [3.63, 3.8) is 0 Å². The number of para-hydroxylation sites is 2. The Hall–Kier alpha value is -2.93. The number of carbonyl (C=O) groups is 2. The molecule has 0 atom stereocenters. The third-order valence-electron chi connectivity index (χ3n) is 7.83. The van der Waals surface area contributed by atoms with Gasteiger partial charge < -0.3 is 0 Å². The maximum absolute atomic E-state index is 13.4. The summed E-state index contributed by atoms with van der Waals surface area (Å²) in [5, 5.41) is 3.67. The molecular formula is C31H19NO2SeTe. The van der Waals surface area contributed by atoms with Crippen molar-refractivity contribution in [2.24, 2.45) is 0 Å². The van der Waals surface area contributed by atoms with Gasteiger partial charge in [-0.1, -0.05) is 0 Å². The second kappa shape index (κ2) is 7.09. The Bertz CT molecular complexity index is 1960. The summed E-state index contributed by atoms with van der Waals surface area (Å²) in [6.45, 7) is 4.59. The van der Waals surface area contributed by atoms with E-state index in [1.807, 2.05) is 18.2 Å². The molecular weight excluding hydrogens is 625 g/mol. The Morgan fingerprint density at radius 1 is 0.861 bits per heavy atom. The third kappa shape index (κ3) is 2.59. The van der Waals surface area contributed by atoms with Crippen LogP contribution in [0.1, 0.15) is 50.1 Å². The average Bonchev–Trinajstić information content (AvgIpc) is 3.63. The van der Waals surface area contributed by atoms with Crippen LogP contribution in [0, 0.1) is 0 Å². The van der Waals surface area contributed by atoms with Gasteiger partial charge in [0.15, 0.2) is 0 Å². The van der Waals surface area contributed by atoms with Crippen LogP contribution in [0.2, 0.25) is 0 Å². The molecule has 0 saturated carbocycles. The molecule has 3 aromatic carbocycles. The molecule has 0 saturated heterocycles. The Kier molecular flexibility index (Phi) is 4.17. The topological polar surface area (TPSA) is 39.1 Å². The first-order valence-electron chi connectivity index (χ1n) is 11.9. The summed E-state index contributed by atoms with van der Waals surface area (Å²) < 4.78 is 8.31. The maximum atomic E-state index is 13.4. The second-order valence-electron chi connectivity index (χ2n) is 10.1. The molecule has 0 radical (unpaired) electrons. The van der Waals surface area contributed by atoms with Gasteiger partial charge in [0, 0.05) is 0 Å². The van der Waals surface area contributed by atoms with E-state index < -0.39 is 0 Å². The summed E-state index contributed by atoms with van der Waals surface area (Å²) >= 11 is -0.405. The number of hydrogen-bond donors (Lipinski definition) is 0. The van der Waals surface area contributed by atoms with Crippen molar-refractivity contribution < 1.29 is 9.59 Å². The first-order valence-corrected chi connectivity index (χ1v) is 16.2. The van der Waals surface area contributed by atoms with Crippen LogP contribution < -0.4 is 0 Å². The molecule has 1 aliphatic heterocycles. The van der Waals surface area contributed by atoms with Crippen molar-refractivity contribution in [3.05, 3.63) is 103 Å². The number of carbonyl (C=O) groups excluding carboxylic acids is 2. The number of fused-ring (bicyclic) bond motifs is 7. The molecule has 5 heteroatoms. The molecule has 0 bridgehead atoms. The van der Waals surface area contributed by atoms with Crippen LogP contribution in [-0.2, 0) is 5.41 Å². The van der Waals surface area contributed by atoms with Gasteiger partial charge in [-0.15, -0.1) is 0 Å². The number of aromatic nitrogens is 1. The molecule has 0 unspecified atom stereocenters. The monoisotopic (exact) mass is 647 g/mol. The first kappa shape index (κ1) is 21.2. The van der Waals surface area contributed by atoms with Gasteiger partial charge in [-0.05, 0) is 0 Å². The summed E-state index contributed by atoms with van der Waals surface area (Å²) in [5.74, 6) is -0.244. The molecule has 0 fully saturated rings. The zero-order valence-corrected chi connectivity index (χ0v) is 23.6. The molecule has 0 spiro atoms. The van der Waals surface area contributed by atoms with E-state index >= 15 is 0 Å². The van der Waals surface area contributed by atoms with Crippen LogP contribution >= 0.6 is 0 Å². The van der Waals surface area contributed by atoms with E-state index in [4.69, 9.17) is 0 Å². The number of hydrogen-bond acceptors (Lipinski definition) is 2. The van der Waals surface area contributed by atoms with E-state index in [-0.39, 0.29) is 51.9 Å². The molecule has 0 N–H and O–H groups in total. The summed E-state index contributed by atoms with van der Waals surface area (Å²) in [4.78, 5) is 26.7. The Morgan fingerprint density at radius 2 is 1.64 bits per heavy atom. The van der Waals surface area contributed by atoms with E-state index in [0.717, 1.165) is 9.82 Å². The van der Waals surface area contributed by atoms with Crippen LogP contribution in [0.4, 0.5) is 0 Å². The Morgan fingerprint density at radius 3 is 2.50 bits per heavy atom. The van der Waals surface area contributed by atoms with Gasteiger partial charge in [-0.25, -0.2) is 0 Å². The normalized spacial score (nSPS) is 17.0. The minimum atomic E-state index is -0.385. The Labute approximate surface area is 223 Å². The van der Waals surface area contributed by atoms with Crippen LogP contribution in [0.5, 0.6) is 0 Å². The Balaban J connectivity index is 1.35. The minimum absolute atomic E-state index is 0.0197. The van der Waals surface area contributed by atoms with Gasteiger partial charge >= 0.3 is 224 Å². The SMILES string of the molecule is CC1(C)c2cc(/C=C3/C(=O)c4cc5cc[te]c5cc4C3=O)[se]c2-n2c3ccccc3c3cccc1c32. The van der Waals surface area contributed by atoms with Gasteiger partial charge in [-0.2, -0.15) is 0 Å². The molecule has 3 aromatic heterocycles. The van der Waals surface area contributed by atoms with Crippen molar-refractivity contribution in [3.8, 4) is 4.56 Å². The van der Waals surface area contributed by atoms with Crippen LogP contribution in [0.15, 0.2) is 76.4 Å². The summed E-state index contributed by atoms with van der Waals surface area (Å²) in [7, 11) is 0. The van der Waals surface area contributed by atoms with E-state index in [1.165, 1.54) is 40.9 Å². The number of allylic oxidation sites excluding steroid dienone is 1. The fourth-order valence-corrected chi connectivity index (χ4v) is 11.0. The summed E-state index contributed by atoms with van der Waals surface area (Å²) in [6, 6.07) is 23.5. The van der Waals surface area contributed by atoms with Crippen LogP contribution in [-0.4, -0.2) is 51.1 Å². The third-order valence-corrected chi connectivity index (χ3v) is 12.6. The molecule has 4 heterocycles. The van der Waals surface area contributed by atoms with Gasteiger partial charge in [0.1, 0.15) is 0 Å². The molecule has 2 aliphatic rings. The van der Waals surface area contributed by atoms with Gasteiger partial charge in [0.05, 0.1) is 0 Å². The summed E-state index contributed by atoms with van der Waals surface area (Å²) in [6.07, 6.45) is 1.89. The number of benzene rings is 3. The number of rotatable bonds is 1. The predicted octanol–water partition coefficient (Wildman–Crippen LogP) is 6.15. The predicted molar refractivity (Wildman–Crippen MR) is 147 cm³/mol.